The van der Waals surface area contributed by atoms with E-state index in [2.05, 4.69) is 11.9 Å². The molecule has 0 atom stereocenters. The standard InChI is InChI=1S/C10H8F3NO/c1-5(2)10(15)14-7-4-3-6(11)8(12)9(7)13/h3-4H,1H2,2H3,(H,14,15). The van der Waals surface area contributed by atoms with Gasteiger partial charge in [0.25, 0.3) is 5.91 Å². The molecule has 0 aliphatic rings. The quantitative estimate of drug-likeness (QED) is 0.596. The fourth-order valence-corrected chi connectivity index (χ4v) is 0.851. The summed E-state index contributed by atoms with van der Waals surface area (Å²) >= 11 is 0. The second kappa shape index (κ2) is 4.16. The Morgan fingerprint density at radius 1 is 1.27 bits per heavy atom. The number of carbonyl (C=O) groups is 1. The van der Waals surface area contributed by atoms with Gasteiger partial charge in [0.05, 0.1) is 5.69 Å². The molecule has 0 saturated heterocycles. The third-order valence-corrected chi connectivity index (χ3v) is 1.67. The molecule has 15 heavy (non-hydrogen) atoms. The first-order chi connectivity index (χ1) is 6.93. The molecule has 0 spiro atoms. The zero-order valence-corrected chi connectivity index (χ0v) is 7.90. The number of rotatable bonds is 2. The van der Waals surface area contributed by atoms with E-state index in [-0.39, 0.29) is 5.57 Å². The largest absolute Gasteiger partial charge is 0.320 e. The minimum Gasteiger partial charge on any atom is -0.320 e. The molecule has 1 N–H and O–H groups in total. The Labute approximate surface area is 84.4 Å². The Balaban J connectivity index is 3.02. The van der Waals surface area contributed by atoms with Crippen LogP contribution in [0.25, 0.3) is 0 Å². The Kier molecular flexibility index (Phi) is 3.14. The first-order valence-electron chi connectivity index (χ1n) is 4.04. The van der Waals surface area contributed by atoms with Crippen molar-refractivity contribution in [2.45, 2.75) is 6.92 Å². The predicted molar refractivity (Wildman–Crippen MR) is 49.8 cm³/mol. The van der Waals surface area contributed by atoms with Gasteiger partial charge in [0.2, 0.25) is 0 Å². The molecule has 1 amide bonds. The maximum absolute atomic E-state index is 13.0. The number of hydrogen-bond donors (Lipinski definition) is 1. The van der Waals surface area contributed by atoms with E-state index in [1.54, 1.807) is 0 Å². The predicted octanol–water partition coefficient (Wildman–Crippen LogP) is 2.62. The van der Waals surface area contributed by atoms with E-state index >= 15 is 0 Å². The number of nitrogens with one attached hydrogen (secondary N) is 1. The van der Waals surface area contributed by atoms with Crippen molar-refractivity contribution in [2.24, 2.45) is 0 Å². The molecule has 0 saturated carbocycles. The lowest BCUT2D eigenvalue weighted by molar-refractivity contribution is -0.112. The lowest BCUT2D eigenvalue weighted by atomic mass is 10.2. The molecule has 0 aliphatic carbocycles. The van der Waals surface area contributed by atoms with E-state index in [9.17, 15) is 18.0 Å². The number of carbonyl (C=O) groups excluding carboxylic acids is 1. The van der Waals surface area contributed by atoms with Crippen LogP contribution in [0.3, 0.4) is 0 Å². The average molecular weight is 215 g/mol. The van der Waals surface area contributed by atoms with Gasteiger partial charge in [-0.1, -0.05) is 6.58 Å². The average Bonchev–Trinajstić information content (AvgIpc) is 2.18. The molecule has 0 unspecified atom stereocenters. The van der Waals surface area contributed by atoms with Crippen molar-refractivity contribution >= 4 is 11.6 Å². The van der Waals surface area contributed by atoms with Crippen LogP contribution in [0, 0.1) is 17.5 Å². The first kappa shape index (κ1) is 11.3. The van der Waals surface area contributed by atoms with E-state index < -0.39 is 29.0 Å². The summed E-state index contributed by atoms with van der Waals surface area (Å²) in [7, 11) is 0. The Morgan fingerprint density at radius 2 is 1.87 bits per heavy atom. The number of hydrogen-bond acceptors (Lipinski definition) is 1. The van der Waals surface area contributed by atoms with Gasteiger partial charge < -0.3 is 5.32 Å². The molecule has 1 aromatic rings. The van der Waals surface area contributed by atoms with Crippen molar-refractivity contribution in [3.63, 3.8) is 0 Å². The van der Waals surface area contributed by atoms with Gasteiger partial charge >= 0.3 is 0 Å². The first-order valence-corrected chi connectivity index (χ1v) is 4.04. The minimum absolute atomic E-state index is 0.138. The van der Waals surface area contributed by atoms with Crippen LogP contribution < -0.4 is 5.32 Å². The molecule has 0 radical (unpaired) electrons. The van der Waals surface area contributed by atoms with Crippen LogP contribution >= 0.6 is 0 Å². The maximum atomic E-state index is 13.0. The molecule has 5 heteroatoms. The molecule has 2 nitrogen and oxygen atoms in total. The van der Waals surface area contributed by atoms with Gasteiger partial charge in [0, 0.05) is 5.57 Å². The van der Waals surface area contributed by atoms with Crippen molar-refractivity contribution in [2.75, 3.05) is 5.32 Å². The lowest BCUT2D eigenvalue weighted by Crippen LogP contribution is -2.13. The smallest absolute Gasteiger partial charge is 0.250 e. The van der Waals surface area contributed by atoms with E-state index in [4.69, 9.17) is 0 Å². The molecule has 0 bridgehead atoms. The summed E-state index contributed by atoms with van der Waals surface area (Å²) in [5.41, 5.74) is -0.277. The topological polar surface area (TPSA) is 29.1 Å². The van der Waals surface area contributed by atoms with Gasteiger partial charge in [-0.2, -0.15) is 0 Å². The highest BCUT2D eigenvalue weighted by Crippen LogP contribution is 2.19. The van der Waals surface area contributed by atoms with Gasteiger partial charge in [0.1, 0.15) is 0 Å². The molecule has 80 valence electrons. The second-order valence-electron chi connectivity index (χ2n) is 2.96. The van der Waals surface area contributed by atoms with Crippen LogP contribution in [-0.2, 0) is 4.79 Å². The van der Waals surface area contributed by atoms with Crippen molar-refractivity contribution in [3.05, 3.63) is 41.7 Å². The lowest BCUT2D eigenvalue weighted by Gasteiger charge is -2.06. The van der Waals surface area contributed by atoms with Crippen LogP contribution in [0.1, 0.15) is 6.92 Å². The zero-order chi connectivity index (χ0) is 11.6. The number of anilines is 1. The van der Waals surface area contributed by atoms with Gasteiger partial charge in [-0.15, -0.1) is 0 Å². The summed E-state index contributed by atoms with van der Waals surface area (Å²) in [6.45, 7) is 4.73. The van der Waals surface area contributed by atoms with Crippen LogP contribution in [0.15, 0.2) is 24.3 Å². The Morgan fingerprint density at radius 3 is 2.40 bits per heavy atom. The highest BCUT2D eigenvalue weighted by molar-refractivity contribution is 6.02. The Hall–Kier alpha value is -1.78. The van der Waals surface area contributed by atoms with Crippen LogP contribution in [0.2, 0.25) is 0 Å². The molecule has 0 aliphatic heterocycles. The van der Waals surface area contributed by atoms with Crippen LogP contribution in [0.4, 0.5) is 18.9 Å². The van der Waals surface area contributed by atoms with Gasteiger partial charge in [-0.3, -0.25) is 4.79 Å². The van der Waals surface area contributed by atoms with E-state index in [0.29, 0.717) is 0 Å². The second-order valence-corrected chi connectivity index (χ2v) is 2.96. The highest BCUT2D eigenvalue weighted by Gasteiger charge is 2.14. The van der Waals surface area contributed by atoms with Crippen molar-refractivity contribution in [3.8, 4) is 0 Å². The van der Waals surface area contributed by atoms with Crippen molar-refractivity contribution in [1.82, 2.24) is 0 Å². The molecule has 0 heterocycles. The van der Waals surface area contributed by atoms with E-state index in [0.717, 1.165) is 12.1 Å². The number of amides is 1. The summed E-state index contributed by atoms with van der Waals surface area (Å²) in [6.07, 6.45) is 0. The summed E-state index contributed by atoms with van der Waals surface area (Å²) in [6, 6.07) is 1.67. The van der Waals surface area contributed by atoms with E-state index in [1.165, 1.54) is 6.92 Å². The third-order valence-electron chi connectivity index (χ3n) is 1.67. The summed E-state index contributed by atoms with van der Waals surface area (Å²) in [5.74, 6) is -5.00. The third kappa shape index (κ3) is 2.37. The molecule has 1 aromatic carbocycles. The zero-order valence-electron chi connectivity index (χ0n) is 7.90. The number of halogens is 3. The normalized spacial score (nSPS) is 9.87. The van der Waals surface area contributed by atoms with Crippen LogP contribution in [0.5, 0.6) is 0 Å². The fraction of sp³-hybridized carbons (Fsp3) is 0.100. The summed E-state index contributed by atoms with van der Waals surface area (Å²) in [4.78, 5) is 11.1. The van der Waals surface area contributed by atoms with Gasteiger partial charge in [-0.05, 0) is 19.1 Å². The van der Waals surface area contributed by atoms with Gasteiger partial charge in [0.15, 0.2) is 17.5 Å². The van der Waals surface area contributed by atoms with Gasteiger partial charge in [-0.25, -0.2) is 13.2 Å². The Bertz CT molecular complexity index is 429. The monoisotopic (exact) mass is 215 g/mol. The van der Waals surface area contributed by atoms with Crippen molar-refractivity contribution < 1.29 is 18.0 Å². The summed E-state index contributed by atoms with van der Waals surface area (Å²) < 4.78 is 38.3. The molecule has 1 rings (SSSR count). The number of benzene rings is 1. The van der Waals surface area contributed by atoms with Crippen LogP contribution in [-0.4, -0.2) is 5.91 Å². The minimum atomic E-state index is -1.62. The molecular formula is C10H8F3NO. The summed E-state index contributed by atoms with van der Waals surface area (Å²) in [5, 5.41) is 2.06. The highest BCUT2D eigenvalue weighted by atomic mass is 19.2. The SMILES string of the molecule is C=C(C)C(=O)Nc1ccc(F)c(F)c1F. The maximum Gasteiger partial charge on any atom is 0.250 e. The molecule has 0 aromatic heterocycles. The van der Waals surface area contributed by atoms with E-state index in [1.807, 2.05) is 0 Å². The fourth-order valence-electron chi connectivity index (χ4n) is 0.851. The molecular weight excluding hydrogens is 207 g/mol. The van der Waals surface area contributed by atoms with Crippen molar-refractivity contribution in [1.29, 1.82) is 0 Å². The molecule has 0 fully saturated rings.